The van der Waals surface area contributed by atoms with Crippen molar-refractivity contribution in [3.63, 3.8) is 0 Å². The largest absolute Gasteiger partial charge is 0.356 e. The van der Waals surface area contributed by atoms with Crippen LogP contribution < -0.4 is 5.32 Å². The smallest absolute Gasteiger partial charge is 0.203 e. The van der Waals surface area contributed by atoms with Crippen LogP contribution in [0.3, 0.4) is 0 Å². The van der Waals surface area contributed by atoms with Crippen LogP contribution in [0.25, 0.3) is 0 Å². The summed E-state index contributed by atoms with van der Waals surface area (Å²) >= 11 is 0. The van der Waals surface area contributed by atoms with Crippen molar-refractivity contribution in [2.75, 3.05) is 11.9 Å². The maximum Gasteiger partial charge on any atom is 0.203 e. The number of nitrogens with zero attached hydrogens (tertiary/aromatic N) is 2. The average molecular weight is 151 g/mol. The van der Waals surface area contributed by atoms with Gasteiger partial charge in [0.15, 0.2) is 0 Å². The van der Waals surface area contributed by atoms with E-state index in [1.54, 1.807) is 0 Å². The standard InChI is InChI=1S/C8H13N3/c1-2-7-3-4-9-8-10-5-6-11(7)8/h5-7H,2-4H2,1H3,(H,9,10)/t7-/m0/s1. The molecule has 0 fully saturated rings. The van der Waals surface area contributed by atoms with Crippen LogP contribution in [0.4, 0.5) is 5.95 Å². The molecule has 0 radical (unpaired) electrons. The number of nitrogens with one attached hydrogen (secondary N) is 1. The predicted molar refractivity (Wildman–Crippen MR) is 44.7 cm³/mol. The van der Waals surface area contributed by atoms with Gasteiger partial charge in [0.1, 0.15) is 0 Å². The Morgan fingerprint density at radius 1 is 1.82 bits per heavy atom. The molecule has 0 unspecified atom stereocenters. The first kappa shape index (κ1) is 6.70. The Bertz CT molecular complexity index is 241. The Balaban J connectivity index is 2.32. The SMILES string of the molecule is CC[C@H]1CCNc2nccn21. The summed E-state index contributed by atoms with van der Waals surface area (Å²) in [6.45, 7) is 3.29. The summed E-state index contributed by atoms with van der Waals surface area (Å²) in [7, 11) is 0. The summed E-state index contributed by atoms with van der Waals surface area (Å²) < 4.78 is 2.23. The Morgan fingerprint density at radius 3 is 3.55 bits per heavy atom. The van der Waals surface area contributed by atoms with E-state index < -0.39 is 0 Å². The second-order valence-corrected chi connectivity index (χ2v) is 2.94. The van der Waals surface area contributed by atoms with Crippen molar-refractivity contribution in [3.05, 3.63) is 12.4 Å². The van der Waals surface area contributed by atoms with Crippen molar-refractivity contribution >= 4 is 5.95 Å². The van der Waals surface area contributed by atoms with Gasteiger partial charge in [0.25, 0.3) is 0 Å². The molecule has 0 saturated carbocycles. The van der Waals surface area contributed by atoms with E-state index in [1.807, 2.05) is 6.20 Å². The minimum absolute atomic E-state index is 0.661. The van der Waals surface area contributed by atoms with Crippen molar-refractivity contribution in [1.29, 1.82) is 0 Å². The lowest BCUT2D eigenvalue weighted by molar-refractivity contribution is 0.446. The average Bonchev–Trinajstić information content (AvgIpc) is 2.50. The summed E-state index contributed by atoms with van der Waals surface area (Å²) in [4.78, 5) is 4.21. The summed E-state index contributed by atoms with van der Waals surface area (Å²) in [6, 6.07) is 0.661. The number of hydrogen-bond acceptors (Lipinski definition) is 2. The van der Waals surface area contributed by atoms with Crippen LogP contribution in [0.15, 0.2) is 12.4 Å². The van der Waals surface area contributed by atoms with E-state index >= 15 is 0 Å². The zero-order valence-electron chi connectivity index (χ0n) is 6.75. The van der Waals surface area contributed by atoms with E-state index in [2.05, 4.69) is 28.0 Å². The third-order valence-corrected chi connectivity index (χ3v) is 2.29. The fourth-order valence-electron chi connectivity index (χ4n) is 1.64. The third kappa shape index (κ3) is 1.00. The molecule has 1 atom stereocenters. The van der Waals surface area contributed by atoms with Crippen LogP contribution in [0, 0.1) is 0 Å². The molecule has 2 heterocycles. The van der Waals surface area contributed by atoms with E-state index in [0.717, 1.165) is 12.5 Å². The second kappa shape index (κ2) is 2.57. The fourth-order valence-corrected chi connectivity index (χ4v) is 1.64. The van der Waals surface area contributed by atoms with Crippen LogP contribution in [0.1, 0.15) is 25.8 Å². The zero-order valence-corrected chi connectivity index (χ0v) is 6.75. The summed E-state index contributed by atoms with van der Waals surface area (Å²) in [6.07, 6.45) is 6.33. The Morgan fingerprint density at radius 2 is 2.73 bits per heavy atom. The first-order chi connectivity index (χ1) is 5.42. The quantitative estimate of drug-likeness (QED) is 0.661. The number of fused-ring (bicyclic) bond motifs is 1. The van der Waals surface area contributed by atoms with Crippen molar-refractivity contribution in [3.8, 4) is 0 Å². The van der Waals surface area contributed by atoms with Gasteiger partial charge in [0.05, 0.1) is 0 Å². The zero-order chi connectivity index (χ0) is 7.68. The lowest BCUT2D eigenvalue weighted by atomic mass is 10.1. The molecule has 0 amide bonds. The molecular weight excluding hydrogens is 138 g/mol. The number of hydrogen-bond donors (Lipinski definition) is 1. The van der Waals surface area contributed by atoms with Crippen molar-refractivity contribution in [1.82, 2.24) is 9.55 Å². The molecule has 2 rings (SSSR count). The van der Waals surface area contributed by atoms with Gasteiger partial charge < -0.3 is 9.88 Å². The molecule has 0 spiro atoms. The molecule has 0 saturated heterocycles. The van der Waals surface area contributed by atoms with Gasteiger partial charge in [-0.1, -0.05) is 6.92 Å². The second-order valence-electron chi connectivity index (χ2n) is 2.94. The number of anilines is 1. The van der Waals surface area contributed by atoms with Crippen LogP contribution in [-0.2, 0) is 0 Å². The van der Waals surface area contributed by atoms with Gasteiger partial charge in [-0.25, -0.2) is 4.98 Å². The van der Waals surface area contributed by atoms with E-state index in [-0.39, 0.29) is 0 Å². The van der Waals surface area contributed by atoms with Crippen LogP contribution in [0.5, 0.6) is 0 Å². The maximum absolute atomic E-state index is 4.21. The Hall–Kier alpha value is -0.990. The summed E-state index contributed by atoms with van der Waals surface area (Å²) in [5, 5.41) is 3.26. The minimum atomic E-state index is 0.661. The van der Waals surface area contributed by atoms with Gasteiger partial charge in [-0.3, -0.25) is 0 Å². The molecule has 0 aromatic carbocycles. The van der Waals surface area contributed by atoms with Gasteiger partial charge in [0.2, 0.25) is 5.95 Å². The highest BCUT2D eigenvalue weighted by Gasteiger charge is 2.16. The number of imidazole rings is 1. The van der Waals surface area contributed by atoms with Crippen LogP contribution >= 0.6 is 0 Å². The molecule has 1 aromatic rings. The van der Waals surface area contributed by atoms with E-state index in [9.17, 15) is 0 Å². The summed E-state index contributed by atoms with van der Waals surface area (Å²) in [5.74, 6) is 1.03. The van der Waals surface area contributed by atoms with Gasteiger partial charge in [-0.2, -0.15) is 0 Å². The van der Waals surface area contributed by atoms with Gasteiger partial charge in [-0.15, -0.1) is 0 Å². The first-order valence-corrected chi connectivity index (χ1v) is 4.18. The van der Waals surface area contributed by atoms with Crippen molar-refractivity contribution in [2.24, 2.45) is 0 Å². The Labute approximate surface area is 66.4 Å². The molecule has 0 aliphatic carbocycles. The highest BCUT2D eigenvalue weighted by molar-refractivity contribution is 5.28. The minimum Gasteiger partial charge on any atom is -0.356 e. The molecule has 1 aromatic heterocycles. The molecule has 3 heteroatoms. The molecule has 60 valence electrons. The van der Waals surface area contributed by atoms with Gasteiger partial charge in [-0.05, 0) is 12.8 Å². The van der Waals surface area contributed by atoms with Gasteiger partial charge >= 0.3 is 0 Å². The van der Waals surface area contributed by atoms with E-state index in [4.69, 9.17) is 0 Å². The fraction of sp³-hybridized carbons (Fsp3) is 0.625. The number of aromatic nitrogens is 2. The van der Waals surface area contributed by atoms with Crippen molar-refractivity contribution in [2.45, 2.75) is 25.8 Å². The molecule has 0 bridgehead atoms. The lowest BCUT2D eigenvalue weighted by Gasteiger charge is -2.24. The van der Waals surface area contributed by atoms with Crippen molar-refractivity contribution < 1.29 is 0 Å². The van der Waals surface area contributed by atoms with Gasteiger partial charge in [0, 0.05) is 25.0 Å². The normalized spacial score (nSPS) is 22.5. The summed E-state index contributed by atoms with van der Waals surface area (Å²) in [5.41, 5.74) is 0. The third-order valence-electron chi connectivity index (χ3n) is 2.29. The van der Waals surface area contributed by atoms with E-state index in [1.165, 1.54) is 12.8 Å². The topological polar surface area (TPSA) is 29.9 Å². The molecule has 3 nitrogen and oxygen atoms in total. The maximum atomic E-state index is 4.21. The van der Waals surface area contributed by atoms with E-state index in [0.29, 0.717) is 6.04 Å². The lowest BCUT2D eigenvalue weighted by Crippen LogP contribution is -2.21. The molecule has 1 aliphatic heterocycles. The number of rotatable bonds is 1. The molecule has 11 heavy (non-hydrogen) atoms. The van der Waals surface area contributed by atoms with Crippen LogP contribution in [0.2, 0.25) is 0 Å². The molecule has 1 aliphatic rings. The monoisotopic (exact) mass is 151 g/mol. The molecule has 1 N–H and O–H groups in total. The highest BCUT2D eigenvalue weighted by atomic mass is 15.2. The first-order valence-electron chi connectivity index (χ1n) is 4.18. The molecular formula is C8H13N3. The highest BCUT2D eigenvalue weighted by Crippen LogP contribution is 2.24. The Kier molecular flexibility index (Phi) is 1.56. The van der Waals surface area contributed by atoms with Crippen LogP contribution in [-0.4, -0.2) is 16.1 Å². The predicted octanol–water partition coefficient (Wildman–Crippen LogP) is 1.65.